The molecule has 0 atom stereocenters. The molecule has 110 valence electrons. The molecule has 0 saturated carbocycles. The van der Waals surface area contributed by atoms with Gasteiger partial charge in [-0.05, 0) is 59.0 Å². The van der Waals surface area contributed by atoms with E-state index in [2.05, 4.69) is 43.8 Å². The van der Waals surface area contributed by atoms with Gasteiger partial charge in [-0.25, -0.2) is 0 Å². The highest BCUT2D eigenvalue weighted by molar-refractivity contribution is 14.1. The van der Waals surface area contributed by atoms with Crippen molar-refractivity contribution in [2.45, 2.75) is 0 Å². The average molecular weight is 480 g/mol. The largest absolute Gasteiger partial charge is 0.376 e. The van der Waals surface area contributed by atoms with Gasteiger partial charge in [-0.3, -0.25) is 4.79 Å². The molecule has 1 N–H and O–H groups in total. The van der Waals surface area contributed by atoms with Crippen LogP contribution in [-0.4, -0.2) is 20.0 Å². The second kappa shape index (κ2) is 6.98. The van der Waals surface area contributed by atoms with Crippen LogP contribution in [0.5, 0.6) is 0 Å². The lowest BCUT2D eigenvalue weighted by molar-refractivity contribution is 0.102. The summed E-state index contributed by atoms with van der Waals surface area (Å²) in [4.78, 5) is 14.4. The average Bonchev–Trinajstić information content (AvgIpc) is 2.41. The van der Waals surface area contributed by atoms with E-state index in [0.29, 0.717) is 16.3 Å². The smallest absolute Gasteiger partial charge is 0.256 e. The lowest BCUT2D eigenvalue weighted by Gasteiger charge is -2.18. The van der Waals surface area contributed by atoms with Crippen LogP contribution in [0.25, 0.3) is 0 Å². The molecule has 0 unspecified atom stereocenters. The number of halogens is 3. The van der Waals surface area contributed by atoms with E-state index in [4.69, 9.17) is 11.6 Å². The SMILES string of the molecule is CN(C)c1ccc(Cl)cc1NC(=O)c1cc(Br)ccc1I. The zero-order valence-electron chi connectivity index (χ0n) is 11.5. The zero-order valence-corrected chi connectivity index (χ0v) is 16.0. The highest BCUT2D eigenvalue weighted by atomic mass is 127. The number of hydrogen-bond acceptors (Lipinski definition) is 2. The first kappa shape index (κ1) is 16.6. The van der Waals surface area contributed by atoms with Crippen LogP contribution in [0.1, 0.15) is 10.4 Å². The summed E-state index contributed by atoms with van der Waals surface area (Å²) >= 11 is 11.6. The van der Waals surface area contributed by atoms with Gasteiger partial charge in [0.1, 0.15) is 0 Å². The van der Waals surface area contributed by atoms with Gasteiger partial charge in [0.2, 0.25) is 0 Å². The number of hydrogen-bond donors (Lipinski definition) is 1. The number of carbonyl (C=O) groups excluding carboxylic acids is 1. The van der Waals surface area contributed by atoms with Crippen molar-refractivity contribution in [1.29, 1.82) is 0 Å². The zero-order chi connectivity index (χ0) is 15.6. The van der Waals surface area contributed by atoms with Crippen LogP contribution in [-0.2, 0) is 0 Å². The molecule has 2 aromatic rings. The summed E-state index contributed by atoms with van der Waals surface area (Å²) < 4.78 is 1.76. The monoisotopic (exact) mass is 478 g/mol. The van der Waals surface area contributed by atoms with E-state index in [9.17, 15) is 4.79 Å². The molecular weight excluding hydrogens is 466 g/mol. The lowest BCUT2D eigenvalue weighted by Crippen LogP contribution is -2.17. The first-order valence-electron chi connectivity index (χ1n) is 6.12. The highest BCUT2D eigenvalue weighted by Gasteiger charge is 2.14. The number of nitrogens with one attached hydrogen (secondary N) is 1. The van der Waals surface area contributed by atoms with Crippen LogP contribution in [0.15, 0.2) is 40.9 Å². The maximum Gasteiger partial charge on any atom is 0.256 e. The van der Waals surface area contributed by atoms with E-state index in [0.717, 1.165) is 13.7 Å². The minimum absolute atomic E-state index is 0.161. The van der Waals surface area contributed by atoms with Crippen molar-refractivity contribution >= 4 is 67.4 Å². The van der Waals surface area contributed by atoms with Crippen molar-refractivity contribution in [3.8, 4) is 0 Å². The third-order valence-corrected chi connectivity index (χ3v) is 4.53. The van der Waals surface area contributed by atoms with E-state index in [1.807, 2.05) is 37.2 Å². The Balaban J connectivity index is 2.35. The lowest BCUT2D eigenvalue weighted by atomic mass is 10.2. The quantitative estimate of drug-likeness (QED) is 0.627. The minimum atomic E-state index is -0.161. The summed E-state index contributed by atoms with van der Waals surface area (Å²) in [6.07, 6.45) is 0. The molecule has 0 fully saturated rings. The van der Waals surface area contributed by atoms with E-state index >= 15 is 0 Å². The van der Waals surface area contributed by atoms with Gasteiger partial charge in [0.05, 0.1) is 16.9 Å². The van der Waals surface area contributed by atoms with Crippen LogP contribution < -0.4 is 10.2 Å². The molecule has 6 heteroatoms. The molecule has 0 aliphatic heterocycles. The number of rotatable bonds is 3. The number of nitrogens with zero attached hydrogens (tertiary/aromatic N) is 1. The van der Waals surface area contributed by atoms with Crippen LogP contribution in [0.3, 0.4) is 0 Å². The van der Waals surface area contributed by atoms with Crippen molar-refractivity contribution in [1.82, 2.24) is 0 Å². The summed E-state index contributed by atoms with van der Waals surface area (Å²) in [6.45, 7) is 0. The van der Waals surface area contributed by atoms with Gasteiger partial charge in [0, 0.05) is 27.2 Å². The molecule has 0 bridgehead atoms. The van der Waals surface area contributed by atoms with Gasteiger partial charge in [-0.2, -0.15) is 0 Å². The molecule has 0 heterocycles. The molecule has 1 amide bonds. The van der Waals surface area contributed by atoms with Crippen molar-refractivity contribution in [3.05, 3.63) is 55.0 Å². The predicted octanol–water partition coefficient (Wildman–Crippen LogP) is 5.03. The van der Waals surface area contributed by atoms with E-state index in [1.165, 1.54) is 0 Å². The molecule has 0 aliphatic carbocycles. The Bertz CT molecular complexity index is 691. The third-order valence-electron chi connectivity index (χ3n) is 2.86. The number of anilines is 2. The fourth-order valence-corrected chi connectivity index (χ4v) is 2.97. The van der Waals surface area contributed by atoms with E-state index in [-0.39, 0.29) is 5.91 Å². The molecule has 21 heavy (non-hydrogen) atoms. The van der Waals surface area contributed by atoms with Crippen molar-refractivity contribution in [2.75, 3.05) is 24.3 Å². The van der Waals surface area contributed by atoms with E-state index in [1.54, 1.807) is 18.2 Å². The summed E-state index contributed by atoms with van der Waals surface area (Å²) in [5, 5.41) is 3.51. The van der Waals surface area contributed by atoms with Crippen molar-refractivity contribution in [2.24, 2.45) is 0 Å². The van der Waals surface area contributed by atoms with Crippen LogP contribution >= 0.6 is 50.1 Å². The maximum absolute atomic E-state index is 12.5. The molecule has 0 radical (unpaired) electrons. The van der Waals surface area contributed by atoms with Crippen molar-refractivity contribution in [3.63, 3.8) is 0 Å². The summed E-state index contributed by atoms with van der Waals surface area (Å²) in [5.74, 6) is -0.161. The van der Waals surface area contributed by atoms with Gasteiger partial charge < -0.3 is 10.2 Å². The van der Waals surface area contributed by atoms with Crippen molar-refractivity contribution < 1.29 is 4.79 Å². The number of benzene rings is 2. The second-order valence-electron chi connectivity index (χ2n) is 4.63. The molecular formula is C15H13BrClIN2O. The Morgan fingerprint density at radius 2 is 1.95 bits per heavy atom. The maximum atomic E-state index is 12.5. The number of carbonyl (C=O) groups is 1. The standard InChI is InChI=1S/C15H13BrClIN2O/c1-20(2)14-6-4-10(17)8-13(14)19-15(21)11-7-9(16)3-5-12(11)18/h3-8H,1-2H3,(H,19,21). The molecule has 0 aromatic heterocycles. The Morgan fingerprint density at radius 3 is 2.62 bits per heavy atom. The molecule has 0 aliphatic rings. The van der Waals surface area contributed by atoms with Crippen LogP contribution in [0, 0.1) is 3.57 Å². The summed E-state index contributed by atoms with van der Waals surface area (Å²) in [5.41, 5.74) is 2.21. The Kier molecular flexibility index (Phi) is 5.51. The molecule has 2 rings (SSSR count). The Morgan fingerprint density at radius 1 is 1.24 bits per heavy atom. The fraction of sp³-hybridized carbons (Fsp3) is 0.133. The molecule has 0 saturated heterocycles. The summed E-state index contributed by atoms with van der Waals surface area (Å²) in [6, 6.07) is 11.0. The number of amides is 1. The predicted molar refractivity (Wildman–Crippen MR) is 101 cm³/mol. The van der Waals surface area contributed by atoms with Gasteiger partial charge in [0.15, 0.2) is 0 Å². The van der Waals surface area contributed by atoms with Gasteiger partial charge in [-0.1, -0.05) is 27.5 Å². The van der Waals surface area contributed by atoms with Crippen LogP contribution in [0.4, 0.5) is 11.4 Å². The van der Waals surface area contributed by atoms with E-state index < -0.39 is 0 Å². The Hall–Kier alpha value is -0.790. The highest BCUT2D eigenvalue weighted by Crippen LogP contribution is 2.29. The molecule has 0 spiro atoms. The second-order valence-corrected chi connectivity index (χ2v) is 7.15. The fourth-order valence-electron chi connectivity index (χ4n) is 1.86. The first-order chi connectivity index (χ1) is 9.88. The van der Waals surface area contributed by atoms with Crippen LogP contribution in [0.2, 0.25) is 5.02 Å². The third kappa shape index (κ3) is 4.11. The van der Waals surface area contributed by atoms with Gasteiger partial charge >= 0.3 is 0 Å². The summed E-state index contributed by atoms with van der Waals surface area (Å²) in [7, 11) is 3.84. The molecule has 2 aromatic carbocycles. The first-order valence-corrected chi connectivity index (χ1v) is 8.36. The Labute approximate surface area is 150 Å². The molecule has 3 nitrogen and oxygen atoms in total. The topological polar surface area (TPSA) is 32.3 Å². The normalized spacial score (nSPS) is 10.3. The van der Waals surface area contributed by atoms with Gasteiger partial charge in [0.25, 0.3) is 5.91 Å². The minimum Gasteiger partial charge on any atom is -0.376 e. The van der Waals surface area contributed by atoms with Gasteiger partial charge in [-0.15, -0.1) is 0 Å².